The van der Waals surface area contributed by atoms with Crippen LogP contribution >= 0.6 is 0 Å². The predicted octanol–water partition coefficient (Wildman–Crippen LogP) is 2.94. The maximum absolute atomic E-state index is 10.6. The van der Waals surface area contributed by atoms with Crippen LogP contribution in [0.3, 0.4) is 0 Å². The van der Waals surface area contributed by atoms with Crippen LogP contribution < -0.4 is 10.6 Å². The molecular formula is C13H13N3O2. The summed E-state index contributed by atoms with van der Waals surface area (Å²) in [7, 11) is 1.90. The highest BCUT2D eigenvalue weighted by molar-refractivity contribution is 5.65. The highest BCUT2D eigenvalue weighted by Gasteiger charge is 2.07. The lowest BCUT2D eigenvalue weighted by Crippen LogP contribution is -2.09. The zero-order valence-electron chi connectivity index (χ0n) is 9.91. The molecule has 0 heterocycles. The molecule has 2 aromatic rings. The third-order valence-corrected chi connectivity index (χ3v) is 2.73. The number of nitro groups is 1. The Hall–Kier alpha value is -2.56. The number of hydrogen-bond donors (Lipinski definition) is 1. The van der Waals surface area contributed by atoms with Gasteiger partial charge in [-0.1, -0.05) is 0 Å². The Bertz CT molecular complexity index is 549. The van der Waals surface area contributed by atoms with Gasteiger partial charge >= 0.3 is 0 Å². The number of non-ortho nitro benzene ring substituents is 1. The molecule has 5 heteroatoms. The maximum Gasteiger partial charge on any atom is 0.269 e. The first-order valence-electron chi connectivity index (χ1n) is 5.41. The van der Waals surface area contributed by atoms with Gasteiger partial charge in [0.2, 0.25) is 0 Å². The standard InChI is InChI=1S/C13H13N3O2/c1-15(11-4-2-10(14)3-5-11)12-6-8-13(9-7-12)16(17)18/h2-9H,14H2,1H3. The van der Waals surface area contributed by atoms with Crippen LogP contribution in [0.4, 0.5) is 22.7 Å². The topological polar surface area (TPSA) is 72.4 Å². The number of nitro benzene ring substituents is 1. The van der Waals surface area contributed by atoms with Crippen LogP contribution in [0, 0.1) is 10.1 Å². The van der Waals surface area contributed by atoms with E-state index in [1.54, 1.807) is 12.1 Å². The summed E-state index contributed by atoms with van der Waals surface area (Å²) >= 11 is 0. The van der Waals surface area contributed by atoms with E-state index < -0.39 is 4.92 Å². The summed E-state index contributed by atoms with van der Waals surface area (Å²) < 4.78 is 0. The fourth-order valence-corrected chi connectivity index (χ4v) is 1.64. The van der Waals surface area contributed by atoms with Crippen molar-refractivity contribution >= 4 is 22.7 Å². The molecule has 2 rings (SSSR count). The number of nitrogens with zero attached hydrogens (tertiary/aromatic N) is 2. The summed E-state index contributed by atoms with van der Waals surface area (Å²) in [4.78, 5) is 12.1. The highest BCUT2D eigenvalue weighted by atomic mass is 16.6. The second kappa shape index (κ2) is 4.75. The van der Waals surface area contributed by atoms with Gasteiger partial charge in [0.15, 0.2) is 0 Å². The Morgan fingerprint density at radius 3 is 1.89 bits per heavy atom. The first kappa shape index (κ1) is 11.9. The second-order valence-corrected chi connectivity index (χ2v) is 3.92. The van der Waals surface area contributed by atoms with Gasteiger partial charge < -0.3 is 10.6 Å². The number of nitrogen functional groups attached to an aromatic ring is 1. The monoisotopic (exact) mass is 243 g/mol. The smallest absolute Gasteiger partial charge is 0.269 e. The van der Waals surface area contributed by atoms with Crippen molar-refractivity contribution in [2.45, 2.75) is 0 Å². The van der Waals surface area contributed by atoms with Crippen LogP contribution in [0.25, 0.3) is 0 Å². The van der Waals surface area contributed by atoms with Gasteiger partial charge in [-0.05, 0) is 36.4 Å². The van der Waals surface area contributed by atoms with Gasteiger partial charge in [-0.2, -0.15) is 0 Å². The van der Waals surface area contributed by atoms with Crippen LogP contribution in [0.15, 0.2) is 48.5 Å². The van der Waals surface area contributed by atoms with Gasteiger partial charge in [-0.25, -0.2) is 0 Å². The van der Waals surface area contributed by atoms with Gasteiger partial charge in [0.05, 0.1) is 4.92 Å². The molecule has 0 saturated carbocycles. The summed E-state index contributed by atoms with van der Waals surface area (Å²) in [6.07, 6.45) is 0. The Morgan fingerprint density at radius 2 is 1.44 bits per heavy atom. The van der Waals surface area contributed by atoms with Crippen molar-refractivity contribution in [3.63, 3.8) is 0 Å². The lowest BCUT2D eigenvalue weighted by Gasteiger charge is -2.19. The molecule has 2 aromatic carbocycles. The zero-order chi connectivity index (χ0) is 13.1. The van der Waals surface area contributed by atoms with Crippen LogP contribution in [-0.2, 0) is 0 Å². The Balaban J connectivity index is 2.25. The van der Waals surface area contributed by atoms with Crippen molar-refractivity contribution in [2.24, 2.45) is 0 Å². The Morgan fingerprint density at radius 1 is 1.00 bits per heavy atom. The molecule has 0 aromatic heterocycles. The summed E-state index contributed by atoms with van der Waals surface area (Å²) in [6, 6.07) is 13.8. The quantitative estimate of drug-likeness (QED) is 0.511. The Kier molecular flexibility index (Phi) is 3.14. The van der Waals surface area contributed by atoms with E-state index in [-0.39, 0.29) is 5.69 Å². The van der Waals surface area contributed by atoms with Crippen molar-refractivity contribution < 1.29 is 4.92 Å². The van der Waals surface area contributed by atoms with Gasteiger partial charge in [-0.3, -0.25) is 10.1 Å². The van der Waals surface area contributed by atoms with Crippen LogP contribution in [0.2, 0.25) is 0 Å². The SMILES string of the molecule is CN(c1ccc(N)cc1)c1ccc([N+](=O)[O-])cc1. The minimum absolute atomic E-state index is 0.0875. The number of anilines is 3. The second-order valence-electron chi connectivity index (χ2n) is 3.92. The summed E-state index contributed by atoms with van der Waals surface area (Å²) in [5.74, 6) is 0. The fraction of sp³-hybridized carbons (Fsp3) is 0.0769. The molecule has 0 radical (unpaired) electrons. The summed E-state index contributed by atoms with van der Waals surface area (Å²) in [5, 5.41) is 10.6. The number of rotatable bonds is 3. The van der Waals surface area contributed by atoms with E-state index in [0.29, 0.717) is 5.69 Å². The largest absolute Gasteiger partial charge is 0.399 e. The van der Waals surface area contributed by atoms with Crippen molar-refractivity contribution in [3.8, 4) is 0 Å². The molecule has 0 spiro atoms. The van der Waals surface area contributed by atoms with E-state index in [0.717, 1.165) is 11.4 Å². The molecule has 2 N–H and O–H groups in total. The number of benzene rings is 2. The first-order valence-corrected chi connectivity index (χ1v) is 5.41. The summed E-state index contributed by atoms with van der Waals surface area (Å²) in [6.45, 7) is 0. The van der Waals surface area contributed by atoms with E-state index >= 15 is 0 Å². The van der Waals surface area contributed by atoms with E-state index in [1.165, 1.54) is 12.1 Å². The molecule has 0 bridgehead atoms. The predicted molar refractivity (Wildman–Crippen MR) is 72.0 cm³/mol. The van der Waals surface area contributed by atoms with E-state index in [4.69, 9.17) is 5.73 Å². The molecule has 0 fully saturated rings. The molecular weight excluding hydrogens is 230 g/mol. The molecule has 92 valence electrons. The molecule has 0 amide bonds. The van der Waals surface area contributed by atoms with E-state index in [9.17, 15) is 10.1 Å². The van der Waals surface area contributed by atoms with Crippen LogP contribution in [0.5, 0.6) is 0 Å². The van der Waals surface area contributed by atoms with Crippen LogP contribution in [-0.4, -0.2) is 12.0 Å². The number of hydrogen-bond acceptors (Lipinski definition) is 4. The average Bonchev–Trinajstić information content (AvgIpc) is 2.39. The minimum atomic E-state index is -0.410. The Labute approximate surface area is 105 Å². The third-order valence-electron chi connectivity index (χ3n) is 2.73. The van der Waals surface area contributed by atoms with Crippen molar-refractivity contribution in [1.82, 2.24) is 0 Å². The van der Waals surface area contributed by atoms with Gasteiger partial charge in [0.25, 0.3) is 5.69 Å². The summed E-state index contributed by atoms with van der Waals surface area (Å²) in [5.41, 5.74) is 8.27. The average molecular weight is 243 g/mol. The molecule has 0 aliphatic carbocycles. The van der Waals surface area contributed by atoms with E-state index in [1.807, 2.05) is 36.2 Å². The van der Waals surface area contributed by atoms with E-state index in [2.05, 4.69) is 0 Å². The zero-order valence-corrected chi connectivity index (χ0v) is 9.91. The lowest BCUT2D eigenvalue weighted by atomic mass is 10.2. The van der Waals surface area contributed by atoms with Gasteiger partial charge in [0, 0.05) is 36.2 Å². The molecule has 0 atom stereocenters. The molecule has 0 aliphatic rings. The van der Waals surface area contributed by atoms with Gasteiger partial charge in [-0.15, -0.1) is 0 Å². The fourth-order valence-electron chi connectivity index (χ4n) is 1.64. The number of nitrogens with two attached hydrogens (primary N) is 1. The van der Waals surface area contributed by atoms with Gasteiger partial charge in [0.1, 0.15) is 0 Å². The first-order chi connectivity index (χ1) is 8.58. The molecule has 18 heavy (non-hydrogen) atoms. The molecule has 0 saturated heterocycles. The molecule has 0 unspecified atom stereocenters. The van der Waals surface area contributed by atoms with Crippen molar-refractivity contribution in [3.05, 3.63) is 58.6 Å². The lowest BCUT2D eigenvalue weighted by molar-refractivity contribution is -0.384. The normalized spacial score (nSPS) is 10.1. The third kappa shape index (κ3) is 2.40. The minimum Gasteiger partial charge on any atom is -0.399 e. The van der Waals surface area contributed by atoms with Crippen molar-refractivity contribution in [2.75, 3.05) is 17.7 Å². The molecule has 0 aliphatic heterocycles. The van der Waals surface area contributed by atoms with Crippen LogP contribution in [0.1, 0.15) is 0 Å². The highest BCUT2D eigenvalue weighted by Crippen LogP contribution is 2.25. The molecule has 5 nitrogen and oxygen atoms in total. The maximum atomic E-state index is 10.6. The van der Waals surface area contributed by atoms with Crippen molar-refractivity contribution in [1.29, 1.82) is 0 Å².